The van der Waals surface area contributed by atoms with Gasteiger partial charge in [0, 0.05) is 121 Å². The zero-order valence-corrected chi connectivity index (χ0v) is 55.3. The second kappa shape index (κ2) is 29.0. The summed E-state index contributed by atoms with van der Waals surface area (Å²) >= 11 is 39.7. The van der Waals surface area contributed by atoms with E-state index in [1.54, 1.807) is 67.3 Å². The molecule has 0 bridgehead atoms. The van der Waals surface area contributed by atoms with Crippen molar-refractivity contribution < 1.29 is 15.3 Å². The van der Waals surface area contributed by atoms with Crippen molar-refractivity contribution in [3.05, 3.63) is 199 Å². The van der Waals surface area contributed by atoms with Crippen LogP contribution in [0.15, 0.2) is 123 Å². The minimum Gasteiger partial charge on any atom is -0.383 e. The lowest BCUT2D eigenvalue weighted by molar-refractivity contribution is 0.215. The fraction of sp³-hybridized carbons (Fsp3) is 0.312. The Balaban J connectivity index is 0.000000115. The molecule has 12 heterocycles. The molecule has 0 amide bonds. The maximum atomic E-state index is 10.8. The molecule has 0 aromatic carbocycles. The van der Waals surface area contributed by atoms with Crippen LogP contribution in [0.2, 0.25) is 30.4 Å². The molecule has 0 radical (unpaired) electrons. The molecule has 8 N–H and O–H groups in total. The van der Waals surface area contributed by atoms with Crippen LogP contribution in [0.5, 0.6) is 0 Å². The Bertz CT molecular complexity index is 4430. The van der Waals surface area contributed by atoms with E-state index in [2.05, 4.69) is 101 Å². The molecule has 474 valence electrons. The van der Waals surface area contributed by atoms with Crippen LogP contribution in [-0.4, -0.2) is 98.6 Å². The normalized spacial score (nSPS) is 15.9. The third kappa shape index (κ3) is 14.2. The van der Waals surface area contributed by atoms with Crippen LogP contribution in [0.4, 0.5) is 11.6 Å². The van der Waals surface area contributed by atoms with Crippen molar-refractivity contribution in [2.75, 3.05) is 11.5 Å². The molecular formula is C64H61BrCl6N18O3. The van der Waals surface area contributed by atoms with Crippen molar-refractivity contribution in [3.8, 4) is 0 Å². The fourth-order valence-corrected chi connectivity index (χ4v) is 13.0. The number of alkyl halides is 1. The molecule has 0 aliphatic heterocycles. The lowest BCUT2D eigenvalue weighted by atomic mass is 9.93. The van der Waals surface area contributed by atoms with Gasteiger partial charge >= 0.3 is 0 Å². The molecule has 12 aromatic heterocycles. The minimum atomic E-state index is -0.948. The molecule has 21 nitrogen and oxygen atoms in total. The molecule has 0 saturated heterocycles. The first-order valence-corrected chi connectivity index (χ1v) is 33.1. The van der Waals surface area contributed by atoms with Gasteiger partial charge in [-0.15, -0.1) is 0 Å². The average molecular weight is 1420 g/mol. The van der Waals surface area contributed by atoms with Gasteiger partial charge in [0.15, 0.2) is 0 Å². The van der Waals surface area contributed by atoms with Crippen molar-refractivity contribution in [2.24, 2.45) is 0 Å². The van der Waals surface area contributed by atoms with Crippen LogP contribution in [0.1, 0.15) is 159 Å². The summed E-state index contributed by atoms with van der Waals surface area (Å²) in [6, 6.07) is 14.9. The fourth-order valence-electron chi connectivity index (χ4n) is 11.2. The topological polar surface area (TPSA) is 298 Å². The van der Waals surface area contributed by atoms with E-state index in [9.17, 15) is 15.3 Å². The summed E-state index contributed by atoms with van der Waals surface area (Å²) in [7, 11) is 0. The van der Waals surface area contributed by atoms with Crippen LogP contribution >= 0.6 is 85.5 Å². The predicted molar refractivity (Wildman–Crippen MR) is 363 cm³/mol. The summed E-state index contributed by atoms with van der Waals surface area (Å²) in [6.07, 6.45) is 32.5. The highest BCUT2D eigenvalue weighted by molar-refractivity contribution is 9.09. The summed E-state index contributed by atoms with van der Waals surface area (Å²) in [5.74, 6) is 0.893. The third-order valence-electron chi connectivity index (χ3n) is 17.0. The van der Waals surface area contributed by atoms with Gasteiger partial charge in [0.25, 0.3) is 0 Å². The van der Waals surface area contributed by atoms with Crippen LogP contribution in [0.25, 0.3) is 44.1 Å². The highest BCUT2D eigenvalue weighted by atomic mass is 79.9. The summed E-state index contributed by atoms with van der Waals surface area (Å²) in [4.78, 5) is 54.2. The lowest BCUT2D eigenvalue weighted by Crippen LogP contribution is -2.16. The minimum absolute atomic E-state index is 0.280. The molecule has 4 fully saturated rings. The number of hydrogen-bond donors (Lipinski definition) is 6. The van der Waals surface area contributed by atoms with Gasteiger partial charge in [-0.05, 0) is 125 Å². The summed E-state index contributed by atoms with van der Waals surface area (Å²) in [5.41, 5.74) is 20.5. The van der Waals surface area contributed by atoms with Crippen LogP contribution in [0, 0.1) is 0 Å². The number of nitrogens with one attached hydrogen (secondary N) is 1. The van der Waals surface area contributed by atoms with Crippen molar-refractivity contribution in [1.29, 1.82) is 0 Å². The second-order valence-electron chi connectivity index (χ2n) is 22.8. The smallest absolute Gasteiger partial charge is 0.146 e. The largest absolute Gasteiger partial charge is 0.383 e. The van der Waals surface area contributed by atoms with Gasteiger partial charge in [-0.1, -0.05) is 92.0 Å². The van der Waals surface area contributed by atoms with Crippen LogP contribution in [0.3, 0.4) is 0 Å². The maximum Gasteiger partial charge on any atom is 0.146 e. The number of aliphatic hydroxyl groups excluding tert-OH is 3. The predicted octanol–water partition coefficient (Wildman–Crippen LogP) is 14.9. The molecule has 0 spiro atoms. The van der Waals surface area contributed by atoms with Gasteiger partial charge in [0.1, 0.15) is 88.2 Å². The number of rotatable bonds is 11. The van der Waals surface area contributed by atoms with E-state index in [1.807, 2.05) is 18.5 Å². The number of H-pyrrole nitrogens is 1. The quantitative estimate of drug-likeness (QED) is 0.0518. The SMILES string of the molecule is BrC1CCC1.Nc1ncnc2c1c(C(O)c1cc(Cl)ccn1)cn2C1CCC1.Nc1ncnc2c1c(Cc1cc(Cl)ccn1)cn2C1CCC1.OC(c1cc(Cl)ccn1)c1c[nH]c2ncnc(Cl)c12.OC(c1cc(Cl)ccn1)c1cn(C2CCC2)c2ncnc(Cl)c12. The van der Waals surface area contributed by atoms with E-state index in [4.69, 9.17) is 81.1 Å². The molecular weight excluding hydrogens is 1360 g/mol. The Morgan fingerprint density at radius 3 is 1.30 bits per heavy atom. The summed E-state index contributed by atoms with van der Waals surface area (Å²) in [6.45, 7) is 0. The van der Waals surface area contributed by atoms with Crippen LogP contribution in [-0.2, 0) is 6.42 Å². The monoisotopic (exact) mass is 1420 g/mol. The van der Waals surface area contributed by atoms with Crippen LogP contribution < -0.4 is 11.5 Å². The second-order valence-corrected chi connectivity index (χ2v) is 26.5. The zero-order chi connectivity index (χ0) is 64.2. The van der Waals surface area contributed by atoms with Gasteiger partial charge in [-0.2, -0.15) is 0 Å². The van der Waals surface area contributed by atoms with Gasteiger partial charge in [-0.3, -0.25) is 19.9 Å². The number of anilines is 2. The van der Waals surface area contributed by atoms with Gasteiger partial charge in [-0.25, -0.2) is 39.9 Å². The van der Waals surface area contributed by atoms with E-state index in [0.29, 0.717) is 117 Å². The molecule has 4 aliphatic rings. The number of nitrogen functional groups attached to an aromatic ring is 2. The number of aromatic amines is 1. The Kier molecular flexibility index (Phi) is 20.4. The van der Waals surface area contributed by atoms with E-state index in [0.717, 1.165) is 64.1 Å². The van der Waals surface area contributed by atoms with Crippen molar-refractivity contribution in [3.63, 3.8) is 0 Å². The molecule has 3 unspecified atom stereocenters. The van der Waals surface area contributed by atoms with Gasteiger partial charge in [0.2, 0.25) is 0 Å². The Hall–Kier alpha value is -7.22. The number of nitrogens with two attached hydrogens (primary N) is 2. The number of fused-ring (bicyclic) bond motifs is 4. The lowest BCUT2D eigenvalue weighted by Gasteiger charge is -2.27. The highest BCUT2D eigenvalue weighted by Gasteiger charge is 2.30. The summed E-state index contributed by atoms with van der Waals surface area (Å²) in [5, 5.41) is 37.7. The third-order valence-corrected chi connectivity index (χ3v) is 19.4. The first-order valence-electron chi connectivity index (χ1n) is 29.9. The molecule has 28 heteroatoms. The number of halogens is 7. The van der Waals surface area contributed by atoms with E-state index in [1.165, 1.54) is 82.9 Å². The van der Waals surface area contributed by atoms with Crippen molar-refractivity contribution >= 4 is 141 Å². The number of aliphatic hydroxyl groups is 3. The average Bonchev–Trinajstić information content (AvgIpc) is 1.64. The van der Waals surface area contributed by atoms with E-state index in [-0.39, 0.29) is 5.15 Å². The maximum absolute atomic E-state index is 10.8. The number of pyridine rings is 4. The molecule has 3 atom stereocenters. The molecule has 4 saturated carbocycles. The molecule has 16 rings (SSSR count). The van der Waals surface area contributed by atoms with Gasteiger partial charge in [0.05, 0.1) is 38.6 Å². The Morgan fingerprint density at radius 1 is 0.457 bits per heavy atom. The number of aromatic nitrogens is 16. The Labute approximate surface area is 566 Å². The van der Waals surface area contributed by atoms with Crippen molar-refractivity contribution in [1.82, 2.24) is 78.5 Å². The summed E-state index contributed by atoms with van der Waals surface area (Å²) < 4.78 is 6.44. The zero-order valence-electron chi connectivity index (χ0n) is 49.1. The molecule has 92 heavy (non-hydrogen) atoms. The Morgan fingerprint density at radius 2 is 0.848 bits per heavy atom. The standard InChI is InChI=1S/C16H14Cl2N4O.C16H16ClN5O.C16H16ClN5.C12H8Cl2N4O.C4H7Br/c2*17-9-4-5-19-12(6-9)14(23)11-7-22(10-2-1-3-10)16-13(11)15(18)20-8-21-16;17-11-4-5-19-12(7-11)6-10-8-22(13-2-1-3-13)16-14(10)15(18)20-9-21-16;13-6-1-2-15-8(3-6)10(19)7-4-16-12-9(7)11(14)17-5-18-12;5-4-2-1-3-4/h4-8,10,14,23H,1-3H2;4-8,10,14,23H,1-3H2,(H2,18,20,21);4-5,7-9,13H,1-3,6H2,(H2,18,20,21);1-5,10,19H,(H,16,17,18);4H,1-3H2. The molecule has 4 aliphatic carbocycles. The number of hydrogen-bond acceptors (Lipinski definition) is 17. The highest BCUT2D eigenvalue weighted by Crippen LogP contribution is 2.42. The van der Waals surface area contributed by atoms with E-state index >= 15 is 0 Å². The number of nitrogens with zero attached hydrogens (tertiary/aromatic N) is 15. The first kappa shape index (κ1) is 64.9. The first-order chi connectivity index (χ1) is 44.6. The van der Waals surface area contributed by atoms with Gasteiger partial charge < -0.3 is 45.5 Å². The molecule has 12 aromatic rings. The van der Waals surface area contributed by atoms with Crippen molar-refractivity contribution in [2.45, 2.75) is 125 Å². The van der Waals surface area contributed by atoms with E-state index < -0.39 is 18.3 Å².